The Hall–Kier alpha value is -1.60. The van der Waals surface area contributed by atoms with Crippen LogP contribution in [0.25, 0.3) is 10.2 Å². The van der Waals surface area contributed by atoms with Gasteiger partial charge < -0.3 is 15.4 Å². The zero-order valence-corrected chi connectivity index (χ0v) is 14.8. The summed E-state index contributed by atoms with van der Waals surface area (Å²) in [6, 6.07) is 2.30. The molecule has 0 saturated heterocycles. The van der Waals surface area contributed by atoms with Gasteiger partial charge in [0.15, 0.2) is 0 Å². The minimum atomic E-state index is -0.478. The third-order valence-electron chi connectivity index (χ3n) is 3.48. The molecule has 2 aromatic rings. The average Bonchev–Trinajstić information content (AvgIpc) is 2.81. The van der Waals surface area contributed by atoms with Crippen molar-refractivity contribution in [2.45, 2.75) is 51.3 Å². The number of halogens is 1. The Morgan fingerprint density at radius 3 is 2.78 bits per heavy atom. The maximum atomic E-state index is 11.7. The molecule has 2 aromatic heterocycles. The molecule has 1 aliphatic carbocycles. The van der Waals surface area contributed by atoms with Crippen LogP contribution in [0, 0.1) is 0 Å². The van der Waals surface area contributed by atoms with E-state index in [-0.39, 0.29) is 23.5 Å². The summed E-state index contributed by atoms with van der Waals surface area (Å²) in [6.45, 7) is 5.55. The van der Waals surface area contributed by atoms with Gasteiger partial charge in [-0.2, -0.15) is 4.98 Å². The summed E-state index contributed by atoms with van der Waals surface area (Å²) in [6.07, 6.45) is 1.29. The first-order valence-corrected chi connectivity index (χ1v) is 8.73. The molecule has 0 unspecified atom stereocenters. The van der Waals surface area contributed by atoms with Crippen LogP contribution < -0.4 is 10.6 Å². The summed E-state index contributed by atoms with van der Waals surface area (Å²) < 4.78 is 6.25. The molecular formula is C15H19ClN4O2S. The van der Waals surface area contributed by atoms with Gasteiger partial charge in [-0.15, -0.1) is 11.3 Å². The Labute approximate surface area is 143 Å². The van der Waals surface area contributed by atoms with E-state index in [1.807, 2.05) is 32.2 Å². The van der Waals surface area contributed by atoms with E-state index < -0.39 is 5.60 Å². The van der Waals surface area contributed by atoms with Gasteiger partial charge in [0, 0.05) is 12.1 Å². The van der Waals surface area contributed by atoms with E-state index in [0.717, 1.165) is 28.9 Å². The predicted octanol–water partition coefficient (Wildman–Crippen LogP) is 3.81. The molecule has 1 amide bonds. The number of carbonyl (C=O) groups is 1. The normalized spacial score (nSPS) is 20.9. The van der Waals surface area contributed by atoms with Crippen LogP contribution in [0.5, 0.6) is 0 Å². The highest BCUT2D eigenvalue weighted by molar-refractivity contribution is 7.17. The SMILES string of the molecule is CC(C)(C)OC(=O)NC1CC(Nc2nc(Cl)nc3ccsc23)C1. The fraction of sp³-hybridized carbons (Fsp3) is 0.533. The molecule has 6 nitrogen and oxygen atoms in total. The molecule has 2 N–H and O–H groups in total. The van der Waals surface area contributed by atoms with Crippen LogP contribution in [0.3, 0.4) is 0 Å². The van der Waals surface area contributed by atoms with Gasteiger partial charge in [0.05, 0.1) is 10.2 Å². The molecule has 8 heteroatoms. The zero-order valence-electron chi connectivity index (χ0n) is 13.2. The number of thiophene rings is 1. The minimum Gasteiger partial charge on any atom is -0.444 e. The summed E-state index contributed by atoms with van der Waals surface area (Å²) >= 11 is 7.53. The lowest BCUT2D eigenvalue weighted by Gasteiger charge is -2.36. The second kappa shape index (κ2) is 6.13. The predicted molar refractivity (Wildman–Crippen MR) is 92.2 cm³/mol. The quantitative estimate of drug-likeness (QED) is 0.819. The van der Waals surface area contributed by atoms with Crippen LogP contribution in [0.1, 0.15) is 33.6 Å². The van der Waals surface area contributed by atoms with Crippen molar-refractivity contribution in [2.24, 2.45) is 0 Å². The molecule has 0 atom stereocenters. The van der Waals surface area contributed by atoms with Gasteiger partial charge in [-0.05, 0) is 56.7 Å². The van der Waals surface area contributed by atoms with E-state index in [2.05, 4.69) is 20.6 Å². The van der Waals surface area contributed by atoms with Gasteiger partial charge in [0.2, 0.25) is 5.28 Å². The maximum Gasteiger partial charge on any atom is 0.407 e. The standard InChI is InChI=1S/C15H19ClN4O2S/c1-15(2,3)22-14(21)18-9-6-8(7-9)17-12-11-10(4-5-23-11)19-13(16)20-12/h4-5,8-9H,6-7H2,1-3H3,(H,18,21)(H,17,19,20). The largest absolute Gasteiger partial charge is 0.444 e. The summed E-state index contributed by atoms with van der Waals surface area (Å²) in [5, 5.41) is 8.46. The molecule has 1 fully saturated rings. The van der Waals surface area contributed by atoms with Gasteiger partial charge >= 0.3 is 6.09 Å². The first kappa shape index (κ1) is 16.3. The summed E-state index contributed by atoms with van der Waals surface area (Å²) in [4.78, 5) is 20.2. The second-order valence-electron chi connectivity index (χ2n) is 6.63. The maximum absolute atomic E-state index is 11.7. The molecule has 0 spiro atoms. The summed E-state index contributed by atoms with van der Waals surface area (Å²) in [5.74, 6) is 0.760. The Bertz CT molecular complexity index is 722. The molecule has 0 aliphatic heterocycles. The minimum absolute atomic E-state index is 0.124. The Morgan fingerprint density at radius 1 is 1.35 bits per heavy atom. The molecule has 0 aromatic carbocycles. The second-order valence-corrected chi connectivity index (χ2v) is 7.89. The van der Waals surface area contributed by atoms with E-state index in [1.165, 1.54) is 0 Å². The van der Waals surface area contributed by atoms with Crippen LogP contribution in [-0.2, 0) is 4.74 Å². The molecular weight excluding hydrogens is 336 g/mol. The van der Waals surface area contributed by atoms with Crippen molar-refractivity contribution < 1.29 is 9.53 Å². The first-order valence-electron chi connectivity index (χ1n) is 7.47. The number of hydrogen-bond donors (Lipinski definition) is 2. The molecule has 124 valence electrons. The highest BCUT2D eigenvalue weighted by atomic mass is 35.5. The number of ether oxygens (including phenoxy) is 1. The van der Waals surface area contributed by atoms with Crippen molar-refractivity contribution in [3.8, 4) is 0 Å². The van der Waals surface area contributed by atoms with E-state index >= 15 is 0 Å². The molecule has 0 bridgehead atoms. The number of hydrogen-bond acceptors (Lipinski definition) is 6. The monoisotopic (exact) mass is 354 g/mol. The number of rotatable bonds is 3. The molecule has 3 rings (SSSR count). The molecule has 0 radical (unpaired) electrons. The number of aromatic nitrogens is 2. The molecule has 2 heterocycles. The van der Waals surface area contributed by atoms with Crippen molar-refractivity contribution in [3.63, 3.8) is 0 Å². The van der Waals surface area contributed by atoms with Crippen LogP contribution in [0.4, 0.5) is 10.6 Å². The fourth-order valence-corrected chi connectivity index (χ4v) is 3.41. The molecule has 1 aliphatic rings. The average molecular weight is 355 g/mol. The van der Waals surface area contributed by atoms with Crippen LogP contribution >= 0.6 is 22.9 Å². The smallest absolute Gasteiger partial charge is 0.407 e. The number of nitrogens with one attached hydrogen (secondary N) is 2. The zero-order chi connectivity index (χ0) is 16.6. The molecule has 1 saturated carbocycles. The van der Waals surface area contributed by atoms with Crippen molar-refractivity contribution >= 4 is 45.1 Å². The van der Waals surface area contributed by atoms with Crippen LogP contribution in [0.2, 0.25) is 5.28 Å². The van der Waals surface area contributed by atoms with Gasteiger partial charge in [0.25, 0.3) is 0 Å². The third kappa shape index (κ3) is 4.03. The number of anilines is 1. The van der Waals surface area contributed by atoms with E-state index in [9.17, 15) is 4.79 Å². The Morgan fingerprint density at radius 2 is 2.09 bits per heavy atom. The van der Waals surface area contributed by atoms with Crippen LogP contribution in [0.15, 0.2) is 11.4 Å². The number of amides is 1. The van der Waals surface area contributed by atoms with Gasteiger partial charge in [0.1, 0.15) is 11.4 Å². The number of fused-ring (bicyclic) bond motifs is 1. The Balaban J connectivity index is 1.54. The Kier molecular flexibility index (Phi) is 4.33. The number of alkyl carbamates (subject to hydrolysis) is 1. The topological polar surface area (TPSA) is 76.1 Å². The number of carbonyl (C=O) groups excluding carboxylic acids is 1. The van der Waals surface area contributed by atoms with E-state index in [0.29, 0.717) is 0 Å². The fourth-order valence-electron chi connectivity index (χ4n) is 2.45. The summed E-state index contributed by atoms with van der Waals surface area (Å²) in [5.41, 5.74) is 0.369. The third-order valence-corrected chi connectivity index (χ3v) is 4.56. The van der Waals surface area contributed by atoms with Gasteiger partial charge in [-0.3, -0.25) is 0 Å². The van der Waals surface area contributed by atoms with Crippen LogP contribution in [-0.4, -0.2) is 33.7 Å². The van der Waals surface area contributed by atoms with Gasteiger partial charge in [-0.25, -0.2) is 9.78 Å². The van der Waals surface area contributed by atoms with Gasteiger partial charge in [-0.1, -0.05) is 0 Å². The summed E-state index contributed by atoms with van der Waals surface area (Å²) in [7, 11) is 0. The lowest BCUT2D eigenvalue weighted by Crippen LogP contribution is -2.50. The highest BCUT2D eigenvalue weighted by Gasteiger charge is 2.32. The lowest BCUT2D eigenvalue weighted by atomic mass is 9.87. The molecule has 23 heavy (non-hydrogen) atoms. The van der Waals surface area contributed by atoms with Crippen molar-refractivity contribution in [3.05, 3.63) is 16.7 Å². The van der Waals surface area contributed by atoms with E-state index in [1.54, 1.807) is 11.3 Å². The number of nitrogens with zero attached hydrogens (tertiary/aromatic N) is 2. The lowest BCUT2D eigenvalue weighted by molar-refractivity contribution is 0.0475. The highest BCUT2D eigenvalue weighted by Crippen LogP contribution is 2.31. The first-order chi connectivity index (χ1) is 10.8. The van der Waals surface area contributed by atoms with Crippen molar-refractivity contribution in [1.82, 2.24) is 15.3 Å². The van der Waals surface area contributed by atoms with Crippen molar-refractivity contribution in [2.75, 3.05) is 5.32 Å². The van der Waals surface area contributed by atoms with E-state index in [4.69, 9.17) is 16.3 Å². The van der Waals surface area contributed by atoms with Crippen molar-refractivity contribution in [1.29, 1.82) is 0 Å².